The predicted octanol–water partition coefficient (Wildman–Crippen LogP) is -0.919. The fourth-order valence-electron chi connectivity index (χ4n) is 0.855. The van der Waals surface area contributed by atoms with Crippen LogP contribution in [0.15, 0.2) is 18.2 Å². The van der Waals surface area contributed by atoms with Gasteiger partial charge in [-0.25, -0.2) is 0 Å². The minimum Gasteiger partial charge on any atom is -0.504 e. The predicted molar refractivity (Wildman–Crippen MR) is 44.5 cm³/mol. The Hall–Kier alpha value is -1.20. The van der Waals surface area contributed by atoms with E-state index in [-0.39, 0.29) is 17.0 Å². The average molecular weight is 168 g/mol. The second kappa shape index (κ2) is 3.47. The fraction of sp³-hybridized carbons (Fsp3) is 0.143. The Kier molecular flexibility index (Phi) is 2.57. The van der Waals surface area contributed by atoms with E-state index in [0.717, 1.165) is 0 Å². The largest absolute Gasteiger partial charge is 0.504 e. The Bertz CT molecular complexity index is 274. The summed E-state index contributed by atoms with van der Waals surface area (Å²) in [6.07, 6.45) is 0. The van der Waals surface area contributed by atoms with Crippen LogP contribution in [0.25, 0.3) is 0 Å². The molecule has 3 N–H and O–H groups in total. The van der Waals surface area contributed by atoms with Crippen molar-refractivity contribution in [2.75, 3.05) is 7.11 Å². The van der Waals surface area contributed by atoms with Gasteiger partial charge in [0, 0.05) is 0 Å². The van der Waals surface area contributed by atoms with Crippen LogP contribution in [0.2, 0.25) is 0 Å². The van der Waals surface area contributed by atoms with Gasteiger partial charge in [0.1, 0.15) is 0 Å². The van der Waals surface area contributed by atoms with Gasteiger partial charge < -0.3 is 19.9 Å². The van der Waals surface area contributed by atoms with Crippen LogP contribution in [0.1, 0.15) is 0 Å². The summed E-state index contributed by atoms with van der Waals surface area (Å²) < 4.78 is 4.76. The van der Waals surface area contributed by atoms with E-state index in [1.165, 1.54) is 25.3 Å². The van der Waals surface area contributed by atoms with Gasteiger partial charge in [-0.2, -0.15) is 0 Å². The number of phenolic OH excluding ortho intramolecular Hbond substituents is 1. The summed E-state index contributed by atoms with van der Waals surface area (Å²) in [5, 5.41) is 26.6. The van der Waals surface area contributed by atoms with Crippen molar-refractivity contribution in [1.29, 1.82) is 0 Å². The van der Waals surface area contributed by atoms with Crippen LogP contribution in [0.4, 0.5) is 0 Å². The molecule has 64 valence electrons. The van der Waals surface area contributed by atoms with Gasteiger partial charge in [-0.1, -0.05) is 6.07 Å². The summed E-state index contributed by atoms with van der Waals surface area (Å²) in [5.41, 5.74) is 0.282. The van der Waals surface area contributed by atoms with E-state index in [9.17, 15) is 0 Å². The standard InChI is InChI=1S/C7H9BO4/c1-12-7-4-5(8(10)11)2-3-6(7)9/h2-4,9-11H,1H3. The highest BCUT2D eigenvalue weighted by Crippen LogP contribution is 2.22. The second-order valence-corrected chi connectivity index (χ2v) is 2.30. The maximum atomic E-state index is 9.13. The van der Waals surface area contributed by atoms with Gasteiger partial charge in [0.25, 0.3) is 0 Å². The molecule has 5 heteroatoms. The van der Waals surface area contributed by atoms with E-state index in [2.05, 4.69) is 0 Å². The molecule has 0 radical (unpaired) electrons. The first-order valence-electron chi connectivity index (χ1n) is 3.38. The van der Waals surface area contributed by atoms with Crippen LogP contribution in [0.5, 0.6) is 11.5 Å². The molecule has 0 aliphatic carbocycles. The van der Waals surface area contributed by atoms with E-state index in [1.54, 1.807) is 0 Å². The van der Waals surface area contributed by atoms with E-state index in [4.69, 9.17) is 19.9 Å². The summed E-state index contributed by atoms with van der Waals surface area (Å²) in [4.78, 5) is 0. The Labute approximate surface area is 70.2 Å². The molecule has 0 unspecified atom stereocenters. The van der Waals surface area contributed by atoms with Crippen LogP contribution >= 0.6 is 0 Å². The molecule has 0 saturated carbocycles. The molecule has 0 bridgehead atoms. The number of methoxy groups -OCH3 is 1. The average Bonchev–Trinajstić information content (AvgIpc) is 2.05. The molecule has 0 spiro atoms. The number of ether oxygens (including phenoxy) is 1. The van der Waals surface area contributed by atoms with Crippen LogP contribution in [-0.2, 0) is 0 Å². The second-order valence-electron chi connectivity index (χ2n) is 2.30. The lowest BCUT2D eigenvalue weighted by Gasteiger charge is -2.05. The highest BCUT2D eigenvalue weighted by molar-refractivity contribution is 6.58. The van der Waals surface area contributed by atoms with E-state index in [1.807, 2.05) is 0 Å². The third kappa shape index (κ3) is 1.69. The van der Waals surface area contributed by atoms with Gasteiger partial charge in [0.15, 0.2) is 11.5 Å². The number of aromatic hydroxyl groups is 1. The third-order valence-corrected chi connectivity index (χ3v) is 1.50. The van der Waals surface area contributed by atoms with Gasteiger partial charge in [-0.05, 0) is 17.6 Å². The molecule has 0 amide bonds. The molecule has 0 fully saturated rings. The fourth-order valence-corrected chi connectivity index (χ4v) is 0.855. The molecule has 0 saturated heterocycles. The molecule has 0 heterocycles. The zero-order chi connectivity index (χ0) is 9.14. The van der Waals surface area contributed by atoms with Crippen molar-refractivity contribution in [3.05, 3.63) is 18.2 Å². The van der Waals surface area contributed by atoms with Crippen molar-refractivity contribution < 1.29 is 19.9 Å². The number of phenols is 1. The zero-order valence-electron chi connectivity index (χ0n) is 6.56. The summed E-state index contributed by atoms with van der Waals surface area (Å²) in [7, 11) is -0.151. The molecular formula is C7H9BO4. The van der Waals surface area contributed by atoms with Crippen LogP contribution in [0, 0.1) is 0 Å². The van der Waals surface area contributed by atoms with Crippen molar-refractivity contribution in [3.63, 3.8) is 0 Å². The Balaban J connectivity index is 3.05. The number of rotatable bonds is 2. The SMILES string of the molecule is COc1cc(B(O)O)ccc1O. The molecule has 1 aromatic rings. The topological polar surface area (TPSA) is 69.9 Å². The number of benzene rings is 1. The van der Waals surface area contributed by atoms with Crippen LogP contribution in [-0.4, -0.2) is 29.4 Å². The van der Waals surface area contributed by atoms with E-state index in [0.29, 0.717) is 0 Å². The van der Waals surface area contributed by atoms with Crippen molar-refractivity contribution in [3.8, 4) is 11.5 Å². The lowest BCUT2D eigenvalue weighted by atomic mass is 9.80. The monoisotopic (exact) mass is 168 g/mol. The quantitative estimate of drug-likeness (QED) is 0.499. The zero-order valence-corrected chi connectivity index (χ0v) is 6.56. The van der Waals surface area contributed by atoms with Gasteiger partial charge in [-0.3, -0.25) is 0 Å². The van der Waals surface area contributed by atoms with Gasteiger partial charge >= 0.3 is 7.12 Å². The molecule has 0 aliphatic rings. The Morgan fingerprint density at radius 1 is 1.33 bits per heavy atom. The first-order chi connectivity index (χ1) is 5.65. The van der Waals surface area contributed by atoms with Gasteiger partial charge in [-0.15, -0.1) is 0 Å². The summed E-state index contributed by atoms with van der Waals surface area (Å²) >= 11 is 0. The van der Waals surface area contributed by atoms with Crippen molar-refractivity contribution in [2.24, 2.45) is 0 Å². The maximum absolute atomic E-state index is 9.13. The maximum Gasteiger partial charge on any atom is 0.488 e. The van der Waals surface area contributed by atoms with Crippen molar-refractivity contribution in [1.82, 2.24) is 0 Å². The van der Waals surface area contributed by atoms with E-state index < -0.39 is 7.12 Å². The van der Waals surface area contributed by atoms with Crippen LogP contribution < -0.4 is 10.2 Å². The molecule has 4 nitrogen and oxygen atoms in total. The minimum absolute atomic E-state index is 0.0260. The molecule has 1 rings (SSSR count). The number of hydrogen-bond acceptors (Lipinski definition) is 4. The minimum atomic E-state index is -1.54. The van der Waals surface area contributed by atoms with Gasteiger partial charge in [0.2, 0.25) is 0 Å². The molecular weight excluding hydrogens is 159 g/mol. The Morgan fingerprint density at radius 2 is 2.00 bits per heavy atom. The molecule has 0 aromatic heterocycles. The first kappa shape index (κ1) is 8.90. The van der Waals surface area contributed by atoms with Crippen LogP contribution in [0.3, 0.4) is 0 Å². The molecule has 0 aliphatic heterocycles. The summed E-state index contributed by atoms with van der Waals surface area (Å²) in [5.74, 6) is 0.197. The Morgan fingerprint density at radius 3 is 2.50 bits per heavy atom. The number of hydrogen-bond donors (Lipinski definition) is 3. The smallest absolute Gasteiger partial charge is 0.488 e. The summed E-state index contributed by atoms with van der Waals surface area (Å²) in [6, 6.07) is 4.11. The lowest BCUT2D eigenvalue weighted by Crippen LogP contribution is -2.29. The first-order valence-corrected chi connectivity index (χ1v) is 3.38. The highest BCUT2D eigenvalue weighted by atomic mass is 16.5. The highest BCUT2D eigenvalue weighted by Gasteiger charge is 2.12. The van der Waals surface area contributed by atoms with Crippen molar-refractivity contribution >= 4 is 12.6 Å². The summed E-state index contributed by atoms with van der Waals surface area (Å²) in [6.45, 7) is 0. The third-order valence-electron chi connectivity index (χ3n) is 1.50. The van der Waals surface area contributed by atoms with E-state index >= 15 is 0 Å². The molecule has 12 heavy (non-hydrogen) atoms. The normalized spacial score (nSPS) is 9.58. The molecule has 1 aromatic carbocycles. The lowest BCUT2D eigenvalue weighted by molar-refractivity contribution is 0.373. The molecule has 0 atom stereocenters. The van der Waals surface area contributed by atoms with Crippen molar-refractivity contribution in [2.45, 2.75) is 0 Å². The van der Waals surface area contributed by atoms with Gasteiger partial charge in [0.05, 0.1) is 7.11 Å².